The van der Waals surface area contributed by atoms with Crippen molar-refractivity contribution in [2.45, 2.75) is 44.9 Å². The minimum Gasteiger partial charge on any atom is -0.337 e. The molecule has 0 spiro atoms. The third-order valence-electron chi connectivity index (χ3n) is 3.05. The summed E-state index contributed by atoms with van der Waals surface area (Å²) in [4.78, 5) is 11.7. The summed E-state index contributed by atoms with van der Waals surface area (Å²) in [5.74, 6) is 0.640. The van der Waals surface area contributed by atoms with Crippen LogP contribution in [0.2, 0.25) is 0 Å². The Hall–Kier alpha value is -1.56. The number of rotatable bonds is 7. The first-order chi connectivity index (χ1) is 9.81. The van der Waals surface area contributed by atoms with Gasteiger partial charge < -0.3 is 5.32 Å². The monoisotopic (exact) mass is 312 g/mol. The summed E-state index contributed by atoms with van der Waals surface area (Å²) in [6.07, 6.45) is 2.96. The van der Waals surface area contributed by atoms with Gasteiger partial charge in [-0.1, -0.05) is 44.4 Å². The second-order valence-electron chi connectivity index (χ2n) is 5.56. The molecule has 1 rings (SSSR count). The van der Waals surface area contributed by atoms with Crippen molar-refractivity contribution < 1.29 is 13.2 Å². The van der Waals surface area contributed by atoms with Crippen molar-refractivity contribution in [3.05, 3.63) is 29.8 Å². The van der Waals surface area contributed by atoms with Crippen LogP contribution in [0.1, 0.15) is 38.7 Å². The molecule has 1 aromatic rings. The topological polar surface area (TPSA) is 75.3 Å². The number of urea groups is 1. The summed E-state index contributed by atoms with van der Waals surface area (Å²) in [7, 11) is -3.79. The Morgan fingerprint density at radius 1 is 1.14 bits per heavy atom. The summed E-state index contributed by atoms with van der Waals surface area (Å²) < 4.78 is 25.9. The van der Waals surface area contributed by atoms with Crippen molar-refractivity contribution in [1.29, 1.82) is 0 Å². The Labute approximate surface area is 127 Å². The molecule has 0 fully saturated rings. The van der Waals surface area contributed by atoms with Crippen molar-refractivity contribution in [3.8, 4) is 0 Å². The van der Waals surface area contributed by atoms with Crippen LogP contribution >= 0.6 is 0 Å². The van der Waals surface area contributed by atoms with Gasteiger partial charge in [0.05, 0.1) is 4.90 Å². The van der Waals surface area contributed by atoms with E-state index in [2.05, 4.69) is 19.2 Å². The van der Waals surface area contributed by atoms with E-state index in [9.17, 15) is 13.2 Å². The van der Waals surface area contributed by atoms with Crippen molar-refractivity contribution in [3.63, 3.8) is 0 Å². The third kappa shape index (κ3) is 6.62. The number of sulfonamides is 1. The zero-order valence-corrected chi connectivity index (χ0v) is 13.7. The number of hydrogen-bond acceptors (Lipinski definition) is 3. The van der Waals surface area contributed by atoms with Gasteiger partial charge in [0.1, 0.15) is 0 Å². The molecule has 0 aliphatic heterocycles. The van der Waals surface area contributed by atoms with E-state index < -0.39 is 16.1 Å². The molecule has 0 aromatic heterocycles. The van der Waals surface area contributed by atoms with Gasteiger partial charge in [-0.3, -0.25) is 0 Å². The fourth-order valence-electron chi connectivity index (χ4n) is 1.81. The van der Waals surface area contributed by atoms with Crippen LogP contribution in [-0.2, 0) is 10.0 Å². The van der Waals surface area contributed by atoms with Crippen molar-refractivity contribution >= 4 is 16.1 Å². The first kappa shape index (κ1) is 17.5. The molecular formula is C15H24N2O3S. The summed E-state index contributed by atoms with van der Waals surface area (Å²) in [5.41, 5.74) is 0.962. The number of benzene rings is 1. The zero-order chi connectivity index (χ0) is 15.9. The van der Waals surface area contributed by atoms with E-state index in [4.69, 9.17) is 0 Å². The van der Waals surface area contributed by atoms with Gasteiger partial charge >= 0.3 is 6.03 Å². The van der Waals surface area contributed by atoms with E-state index in [1.807, 2.05) is 11.6 Å². The van der Waals surface area contributed by atoms with E-state index in [0.717, 1.165) is 24.8 Å². The molecule has 0 unspecified atom stereocenters. The first-order valence-electron chi connectivity index (χ1n) is 7.18. The van der Waals surface area contributed by atoms with Crippen LogP contribution in [0.4, 0.5) is 4.79 Å². The molecule has 0 saturated carbocycles. The van der Waals surface area contributed by atoms with Crippen molar-refractivity contribution in [1.82, 2.24) is 10.0 Å². The molecule has 0 heterocycles. The fourth-order valence-corrected chi connectivity index (χ4v) is 2.74. The van der Waals surface area contributed by atoms with Crippen LogP contribution in [0.15, 0.2) is 29.2 Å². The predicted molar refractivity (Wildman–Crippen MR) is 83.6 cm³/mol. The maximum atomic E-state index is 12.0. The van der Waals surface area contributed by atoms with Gasteiger partial charge in [-0.2, -0.15) is 0 Å². The summed E-state index contributed by atoms with van der Waals surface area (Å²) in [6.45, 7) is 6.64. The second kappa shape index (κ2) is 8.02. The van der Waals surface area contributed by atoms with E-state index >= 15 is 0 Å². The molecule has 118 valence electrons. The quantitative estimate of drug-likeness (QED) is 0.760. The SMILES string of the molecule is Cc1ccc(S(=O)(=O)NC(=O)NCCCCC(C)C)cc1. The van der Waals surface area contributed by atoms with Gasteiger partial charge in [0.15, 0.2) is 0 Å². The molecular weight excluding hydrogens is 288 g/mol. The van der Waals surface area contributed by atoms with Gasteiger partial charge in [0, 0.05) is 6.54 Å². The number of hydrogen-bond donors (Lipinski definition) is 2. The Bertz CT molecular complexity index is 551. The fraction of sp³-hybridized carbons (Fsp3) is 0.533. The van der Waals surface area contributed by atoms with Gasteiger partial charge in [0.2, 0.25) is 0 Å². The summed E-state index contributed by atoms with van der Waals surface area (Å²) >= 11 is 0. The molecule has 21 heavy (non-hydrogen) atoms. The lowest BCUT2D eigenvalue weighted by atomic mass is 10.1. The minimum atomic E-state index is -3.79. The normalized spacial score (nSPS) is 11.4. The Kier molecular flexibility index (Phi) is 6.68. The molecule has 2 N–H and O–H groups in total. The molecule has 0 radical (unpaired) electrons. The molecule has 6 heteroatoms. The third-order valence-corrected chi connectivity index (χ3v) is 4.40. The van der Waals surface area contributed by atoms with E-state index in [1.54, 1.807) is 12.1 Å². The van der Waals surface area contributed by atoms with Gasteiger partial charge in [-0.25, -0.2) is 17.9 Å². The molecule has 0 saturated heterocycles. The molecule has 0 aliphatic rings. The average Bonchev–Trinajstić information content (AvgIpc) is 2.37. The first-order valence-corrected chi connectivity index (χ1v) is 8.67. The van der Waals surface area contributed by atoms with E-state index in [-0.39, 0.29) is 4.90 Å². The Morgan fingerprint density at radius 3 is 2.33 bits per heavy atom. The lowest BCUT2D eigenvalue weighted by molar-refractivity contribution is 0.245. The Balaban J connectivity index is 2.41. The maximum absolute atomic E-state index is 12.0. The number of carbonyl (C=O) groups excluding carboxylic acids is 1. The molecule has 2 amide bonds. The number of amides is 2. The van der Waals surface area contributed by atoms with E-state index in [1.165, 1.54) is 12.1 Å². The highest BCUT2D eigenvalue weighted by molar-refractivity contribution is 7.90. The highest BCUT2D eigenvalue weighted by Gasteiger charge is 2.16. The standard InChI is InChI=1S/C15H24N2O3S/c1-12(2)6-4-5-11-16-15(18)17-21(19,20)14-9-7-13(3)8-10-14/h7-10,12H,4-6,11H2,1-3H3,(H2,16,17,18). The van der Waals surface area contributed by atoms with Crippen LogP contribution in [0.5, 0.6) is 0 Å². The van der Waals surface area contributed by atoms with Crippen LogP contribution in [0, 0.1) is 12.8 Å². The lowest BCUT2D eigenvalue weighted by Crippen LogP contribution is -2.39. The number of unbranched alkanes of at least 4 members (excludes halogenated alkanes) is 1. The van der Waals surface area contributed by atoms with E-state index in [0.29, 0.717) is 12.5 Å². The summed E-state index contributed by atoms with van der Waals surface area (Å²) in [6, 6.07) is 5.66. The summed E-state index contributed by atoms with van der Waals surface area (Å²) in [5, 5.41) is 2.56. The lowest BCUT2D eigenvalue weighted by Gasteiger charge is -2.09. The van der Waals surface area contributed by atoms with Crippen molar-refractivity contribution in [2.24, 2.45) is 5.92 Å². The van der Waals surface area contributed by atoms with Crippen LogP contribution in [0.3, 0.4) is 0 Å². The molecule has 5 nitrogen and oxygen atoms in total. The number of carbonyl (C=O) groups is 1. The smallest absolute Gasteiger partial charge is 0.328 e. The zero-order valence-electron chi connectivity index (χ0n) is 12.8. The second-order valence-corrected chi connectivity index (χ2v) is 7.25. The van der Waals surface area contributed by atoms with Gasteiger partial charge in [-0.05, 0) is 31.4 Å². The molecule has 0 bridgehead atoms. The number of nitrogens with one attached hydrogen (secondary N) is 2. The minimum absolute atomic E-state index is 0.0862. The van der Waals surface area contributed by atoms with Gasteiger partial charge in [-0.15, -0.1) is 0 Å². The maximum Gasteiger partial charge on any atom is 0.328 e. The van der Waals surface area contributed by atoms with Crippen LogP contribution in [0.25, 0.3) is 0 Å². The number of aryl methyl sites for hydroxylation is 1. The average molecular weight is 312 g/mol. The van der Waals surface area contributed by atoms with Crippen LogP contribution in [-0.4, -0.2) is 21.0 Å². The molecule has 1 aromatic carbocycles. The predicted octanol–water partition coefficient (Wildman–Crippen LogP) is 2.81. The van der Waals surface area contributed by atoms with Gasteiger partial charge in [0.25, 0.3) is 10.0 Å². The highest BCUT2D eigenvalue weighted by Crippen LogP contribution is 2.09. The largest absolute Gasteiger partial charge is 0.337 e. The Morgan fingerprint density at radius 2 is 1.76 bits per heavy atom. The van der Waals surface area contributed by atoms with Crippen molar-refractivity contribution in [2.75, 3.05) is 6.54 Å². The highest BCUT2D eigenvalue weighted by atomic mass is 32.2. The van der Waals surface area contributed by atoms with Crippen LogP contribution < -0.4 is 10.0 Å². The molecule has 0 atom stereocenters. The molecule has 0 aliphatic carbocycles.